The molecule has 0 saturated heterocycles. The number of alkyl halides is 3. The van der Waals surface area contributed by atoms with E-state index in [2.05, 4.69) is 17.0 Å². The second-order valence-electron chi connectivity index (χ2n) is 2.91. The number of ether oxygens (including phenoxy) is 1. The van der Waals surface area contributed by atoms with Crippen LogP contribution in [0.15, 0.2) is 18.2 Å². The summed E-state index contributed by atoms with van der Waals surface area (Å²) >= 11 is 10.4. The van der Waals surface area contributed by atoms with Crippen molar-refractivity contribution in [2.75, 3.05) is 6.61 Å². The molecule has 0 aliphatic rings. The third-order valence-electron chi connectivity index (χ3n) is 1.61. The fourth-order valence-electron chi connectivity index (χ4n) is 0.931. The highest BCUT2D eigenvalue weighted by Crippen LogP contribution is 2.27. The molecule has 88 valence electrons. The van der Waals surface area contributed by atoms with Gasteiger partial charge in [0.2, 0.25) is 0 Å². The Morgan fingerprint density at radius 2 is 2.06 bits per heavy atom. The summed E-state index contributed by atoms with van der Waals surface area (Å²) in [5.74, 6) is -0.0565. The molecule has 0 unspecified atom stereocenters. The normalized spacial score (nSPS) is 11.2. The Labute approximate surface area is 100 Å². The van der Waals surface area contributed by atoms with Gasteiger partial charge in [0.25, 0.3) is 0 Å². The molecule has 2 N–H and O–H groups in total. The van der Waals surface area contributed by atoms with Gasteiger partial charge in [0.15, 0.2) is 6.61 Å². The number of hydrogen-bond donors (Lipinski definition) is 1. The van der Waals surface area contributed by atoms with Gasteiger partial charge >= 0.3 is 6.18 Å². The largest absolute Gasteiger partial charge is 0.483 e. The second kappa shape index (κ2) is 4.88. The number of thiocarbonyl (C=S) groups is 1. The minimum Gasteiger partial charge on any atom is -0.483 e. The molecule has 2 nitrogen and oxygen atoms in total. The molecule has 0 aliphatic carbocycles. The Morgan fingerprint density at radius 3 is 2.50 bits per heavy atom. The summed E-state index contributed by atoms with van der Waals surface area (Å²) in [6, 6.07) is 4.10. The lowest BCUT2D eigenvalue weighted by Gasteiger charge is -2.11. The molecule has 1 aromatic carbocycles. The minimum absolute atomic E-state index is 0.0366. The summed E-state index contributed by atoms with van der Waals surface area (Å²) in [5, 5.41) is 0.0366. The van der Waals surface area contributed by atoms with E-state index in [-0.39, 0.29) is 15.8 Å². The standard InChI is InChI=1S/C9H7ClF3NOS/c10-6-3-5(8(14)16)1-2-7(6)15-4-9(11,12)13/h1-3H,4H2,(H2,14,16). The van der Waals surface area contributed by atoms with Gasteiger partial charge in [0, 0.05) is 5.56 Å². The van der Waals surface area contributed by atoms with E-state index in [1.54, 1.807) is 0 Å². The van der Waals surface area contributed by atoms with Gasteiger partial charge in [0.05, 0.1) is 5.02 Å². The number of benzene rings is 1. The van der Waals surface area contributed by atoms with Crippen LogP contribution < -0.4 is 10.5 Å². The third kappa shape index (κ3) is 3.86. The van der Waals surface area contributed by atoms with Crippen molar-refractivity contribution in [1.82, 2.24) is 0 Å². The van der Waals surface area contributed by atoms with Crippen LogP contribution in [0.25, 0.3) is 0 Å². The highest BCUT2D eigenvalue weighted by molar-refractivity contribution is 7.80. The molecule has 0 radical (unpaired) electrons. The molecule has 0 heterocycles. The minimum atomic E-state index is -4.40. The highest BCUT2D eigenvalue weighted by Gasteiger charge is 2.28. The topological polar surface area (TPSA) is 35.2 Å². The fourth-order valence-corrected chi connectivity index (χ4v) is 1.29. The van der Waals surface area contributed by atoms with Gasteiger partial charge in [-0.05, 0) is 18.2 Å². The highest BCUT2D eigenvalue weighted by atomic mass is 35.5. The Balaban J connectivity index is 2.80. The molecule has 0 aromatic heterocycles. The fraction of sp³-hybridized carbons (Fsp3) is 0.222. The van der Waals surface area contributed by atoms with Gasteiger partial charge in [-0.25, -0.2) is 0 Å². The maximum absolute atomic E-state index is 11.9. The van der Waals surface area contributed by atoms with Gasteiger partial charge in [-0.2, -0.15) is 13.2 Å². The summed E-state index contributed by atoms with van der Waals surface area (Å²) in [7, 11) is 0. The van der Waals surface area contributed by atoms with Crippen LogP contribution in [0.4, 0.5) is 13.2 Å². The molecule has 0 spiro atoms. The second-order valence-corrected chi connectivity index (χ2v) is 3.76. The third-order valence-corrected chi connectivity index (χ3v) is 2.14. The summed E-state index contributed by atoms with van der Waals surface area (Å²) < 4.78 is 40.1. The maximum Gasteiger partial charge on any atom is 0.422 e. The molecule has 7 heteroatoms. The molecular weight excluding hydrogens is 263 g/mol. The van der Waals surface area contributed by atoms with E-state index in [4.69, 9.17) is 17.3 Å². The van der Waals surface area contributed by atoms with E-state index in [0.717, 1.165) is 0 Å². The number of rotatable bonds is 3. The molecule has 0 aliphatic heterocycles. The molecule has 0 bridgehead atoms. The van der Waals surface area contributed by atoms with E-state index in [9.17, 15) is 13.2 Å². The van der Waals surface area contributed by atoms with Crippen LogP contribution in [-0.4, -0.2) is 17.8 Å². The molecular formula is C9H7ClF3NOS. The summed E-state index contributed by atoms with van der Waals surface area (Å²) in [4.78, 5) is 0.115. The molecule has 16 heavy (non-hydrogen) atoms. The Hall–Kier alpha value is -1.01. The van der Waals surface area contributed by atoms with Crippen LogP contribution in [0.2, 0.25) is 5.02 Å². The van der Waals surface area contributed by atoms with Crippen LogP contribution in [0, 0.1) is 0 Å². The van der Waals surface area contributed by atoms with Crippen LogP contribution in [0.1, 0.15) is 5.56 Å². The summed E-state index contributed by atoms with van der Waals surface area (Å²) in [6.45, 7) is -1.39. The lowest BCUT2D eigenvalue weighted by molar-refractivity contribution is -0.153. The van der Waals surface area contributed by atoms with Crippen molar-refractivity contribution in [1.29, 1.82) is 0 Å². The van der Waals surface area contributed by atoms with Crippen LogP contribution in [-0.2, 0) is 0 Å². The number of nitrogens with two attached hydrogens (primary N) is 1. The first-order valence-electron chi connectivity index (χ1n) is 4.08. The zero-order chi connectivity index (χ0) is 12.3. The van der Waals surface area contributed by atoms with Crippen molar-refractivity contribution in [2.24, 2.45) is 5.73 Å². The van der Waals surface area contributed by atoms with Crippen molar-refractivity contribution in [3.05, 3.63) is 28.8 Å². The maximum atomic E-state index is 11.9. The molecule has 0 amide bonds. The van der Waals surface area contributed by atoms with Crippen LogP contribution in [0.3, 0.4) is 0 Å². The first-order chi connectivity index (χ1) is 7.29. The average molecular weight is 270 g/mol. The molecule has 1 rings (SSSR count). The van der Waals surface area contributed by atoms with Crippen LogP contribution in [0.5, 0.6) is 5.75 Å². The lowest BCUT2D eigenvalue weighted by Crippen LogP contribution is -2.19. The molecule has 0 saturated carbocycles. The van der Waals surface area contributed by atoms with E-state index in [0.29, 0.717) is 5.56 Å². The first-order valence-corrected chi connectivity index (χ1v) is 4.87. The zero-order valence-electron chi connectivity index (χ0n) is 7.84. The van der Waals surface area contributed by atoms with E-state index in [1.165, 1.54) is 18.2 Å². The Morgan fingerprint density at radius 1 is 1.44 bits per heavy atom. The van der Waals surface area contributed by atoms with Gasteiger partial charge in [-0.1, -0.05) is 23.8 Å². The summed E-state index contributed by atoms with van der Waals surface area (Å²) in [5.41, 5.74) is 5.80. The molecule has 0 fully saturated rings. The zero-order valence-corrected chi connectivity index (χ0v) is 9.42. The quantitative estimate of drug-likeness (QED) is 0.857. The van der Waals surface area contributed by atoms with Gasteiger partial charge in [0.1, 0.15) is 10.7 Å². The Bertz CT molecular complexity index is 408. The van der Waals surface area contributed by atoms with Gasteiger partial charge in [-0.3, -0.25) is 0 Å². The van der Waals surface area contributed by atoms with Crippen molar-refractivity contribution in [3.8, 4) is 5.75 Å². The molecule has 0 atom stereocenters. The monoisotopic (exact) mass is 269 g/mol. The van der Waals surface area contributed by atoms with E-state index >= 15 is 0 Å². The van der Waals surface area contributed by atoms with Gasteiger partial charge < -0.3 is 10.5 Å². The first kappa shape index (κ1) is 13.1. The molecule has 1 aromatic rings. The predicted molar refractivity (Wildman–Crippen MR) is 58.9 cm³/mol. The Kier molecular flexibility index (Phi) is 3.98. The van der Waals surface area contributed by atoms with Crippen molar-refractivity contribution < 1.29 is 17.9 Å². The van der Waals surface area contributed by atoms with Crippen molar-refractivity contribution in [3.63, 3.8) is 0 Å². The lowest BCUT2D eigenvalue weighted by atomic mass is 10.2. The van der Waals surface area contributed by atoms with E-state index in [1.807, 2.05) is 0 Å². The van der Waals surface area contributed by atoms with Crippen LogP contribution >= 0.6 is 23.8 Å². The van der Waals surface area contributed by atoms with Gasteiger partial charge in [-0.15, -0.1) is 0 Å². The van der Waals surface area contributed by atoms with E-state index < -0.39 is 12.8 Å². The number of halogens is 4. The number of hydrogen-bond acceptors (Lipinski definition) is 2. The smallest absolute Gasteiger partial charge is 0.422 e. The predicted octanol–water partition coefficient (Wildman–Crippen LogP) is 2.92. The van der Waals surface area contributed by atoms with Crippen molar-refractivity contribution in [2.45, 2.75) is 6.18 Å². The SMILES string of the molecule is NC(=S)c1ccc(OCC(F)(F)F)c(Cl)c1. The van der Waals surface area contributed by atoms with Crippen molar-refractivity contribution >= 4 is 28.8 Å². The average Bonchev–Trinajstić information content (AvgIpc) is 2.14. The summed E-state index contributed by atoms with van der Waals surface area (Å²) in [6.07, 6.45) is -4.40.